The molecule has 0 aliphatic rings. The summed E-state index contributed by atoms with van der Waals surface area (Å²) in [7, 11) is -4.83. The predicted molar refractivity (Wildman–Crippen MR) is 33.1 cm³/mol. The Balaban J connectivity index is 4.67. The molecule has 0 aromatic carbocycles. The first-order chi connectivity index (χ1) is 4.96. The molecule has 0 aromatic rings. The molecule has 0 bridgehead atoms. The van der Waals surface area contributed by atoms with Gasteiger partial charge in [0.25, 0.3) is 10.1 Å². The topological polar surface area (TPSA) is 74.6 Å². The van der Waals surface area contributed by atoms with E-state index in [2.05, 4.69) is 0 Å². The minimum Gasteiger partial charge on any atom is -0.380 e. The molecule has 4 nitrogen and oxygen atoms in total. The highest BCUT2D eigenvalue weighted by Gasteiger charge is 2.52. The Hall–Kier alpha value is -0.340. The maximum atomic E-state index is 11.7. The van der Waals surface area contributed by atoms with Crippen molar-refractivity contribution < 1.29 is 31.2 Å². The van der Waals surface area contributed by atoms with Crippen LogP contribution in [0.5, 0.6) is 0 Å². The van der Waals surface area contributed by atoms with Crippen LogP contribution in [0.2, 0.25) is 0 Å². The molecule has 0 aliphatic carbocycles. The Morgan fingerprint density at radius 1 is 1.33 bits per heavy atom. The van der Waals surface area contributed by atoms with Crippen LogP contribution < -0.4 is 0 Å². The first-order valence-corrected chi connectivity index (χ1v) is 4.31. The average Bonchev–Trinajstić information content (AvgIpc) is 1.52. The van der Waals surface area contributed by atoms with Gasteiger partial charge in [-0.15, -0.1) is 0 Å². The van der Waals surface area contributed by atoms with Crippen molar-refractivity contribution in [3.05, 3.63) is 0 Å². The summed E-state index contributed by atoms with van der Waals surface area (Å²) in [5.41, 5.74) is -3.42. The Morgan fingerprint density at radius 3 is 1.75 bits per heavy atom. The van der Waals surface area contributed by atoms with Crippen LogP contribution in [0.1, 0.15) is 6.92 Å². The van der Waals surface area contributed by atoms with E-state index in [1.54, 1.807) is 0 Å². The second-order valence-corrected chi connectivity index (χ2v) is 3.95. The van der Waals surface area contributed by atoms with Crippen molar-refractivity contribution >= 4 is 10.1 Å². The van der Waals surface area contributed by atoms with Gasteiger partial charge < -0.3 is 5.11 Å². The van der Waals surface area contributed by atoms with Gasteiger partial charge in [-0.05, 0) is 6.92 Å². The molecule has 12 heavy (non-hydrogen) atoms. The molecule has 8 heteroatoms. The van der Waals surface area contributed by atoms with Crippen LogP contribution in [0.25, 0.3) is 0 Å². The van der Waals surface area contributed by atoms with E-state index in [-0.39, 0.29) is 6.92 Å². The summed E-state index contributed by atoms with van der Waals surface area (Å²) in [5.74, 6) is -1.76. The summed E-state index contributed by atoms with van der Waals surface area (Å²) >= 11 is 0. The quantitative estimate of drug-likeness (QED) is 0.635. The van der Waals surface area contributed by atoms with E-state index in [9.17, 15) is 21.6 Å². The second-order valence-electron chi connectivity index (χ2n) is 2.50. The fourth-order valence-electron chi connectivity index (χ4n) is 0.437. The molecular weight excluding hydrogens is 201 g/mol. The summed E-state index contributed by atoms with van der Waals surface area (Å²) in [6.07, 6.45) is -5.08. The maximum absolute atomic E-state index is 11.7. The zero-order valence-corrected chi connectivity index (χ0v) is 6.78. The van der Waals surface area contributed by atoms with Crippen LogP contribution in [-0.2, 0) is 10.1 Å². The van der Waals surface area contributed by atoms with E-state index >= 15 is 0 Å². The summed E-state index contributed by atoms with van der Waals surface area (Å²) in [6, 6.07) is 0. The molecule has 1 atom stereocenters. The largest absolute Gasteiger partial charge is 0.418 e. The molecular formula is C4H7F3O4S. The Kier molecular flexibility index (Phi) is 2.78. The van der Waals surface area contributed by atoms with Crippen molar-refractivity contribution in [2.24, 2.45) is 0 Å². The lowest BCUT2D eigenvalue weighted by atomic mass is 10.1. The molecule has 0 amide bonds. The van der Waals surface area contributed by atoms with Gasteiger partial charge in [-0.25, -0.2) is 0 Å². The van der Waals surface area contributed by atoms with Crippen molar-refractivity contribution in [1.29, 1.82) is 0 Å². The lowest BCUT2D eigenvalue weighted by Gasteiger charge is -2.24. The maximum Gasteiger partial charge on any atom is 0.418 e. The molecule has 1 unspecified atom stereocenters. The average molecular weight is 208 g/mol. The van der Waals surface area contributed by atoms with Crippen molar-refractivity contribution in [2.45, 2.75) is 18.7 Å². The van der Waals surface area contributed by atoms with Gasteiger partial charge in [0.2, 0.25) is 0 Å². The molecule has 2 N–H and O–H groups in total. The number of rotatable bonds is 2. The van der Waals surface area contributed by atoms with E-state index in [1.807, 2.05) is 0 Å². The number of aliphatic hydroxyl groups is 1. The third-order valence-electron chi connectivity index (χ3n) is 1.07. The van der Waals surface area contributed by atoms with Gasteiger partial charge in [0.15, 0.2) is 5.60 Å². The number of hydrogen-bond acceptors (Lipinski definition) is 3. The zero-order chi connectivity index (χ0) is 10.2. The highest BCUT2D eigenvalue weighted by atomic mass is 32.2. The van der Waals surface area contributed by atoms with Gasteiger partial charge in [-0.3, -0.25) is 4.55 Å². The fourth-order valence-corrected chi connectivity index (χ4v) is 1.31. The van der Waals surface area contributed by atoms with Crippen LogP contribution >= 0.6 is 0 Å². The van der Waals surface area contributed by atoms with E-state index in [0.29, 0.717) is 0 Å². The third-order valence-corrected chi connectivity index (χ3v) is 2.00. The Labute approximate surface area is 66.8 Å². The van der Waals surface area contributed by atoms with Crippen molar-refractivity contribution in [1.82, 2.24) is 0 Å². The molecule has 74 valence electrons. The first-order valence-electron chi connectivity index (χ1n) is 2.70. The van der Waals surface area contributed by atoms with E-state index < -0.39 is 27.6 Å². The van der Waals surface area contributed by atoms with Gasteiger partial charge in [0, 0.05) is 0 Å². The van der Waals surface area contributed by atoms with Gasteiger partial charge in [0.1, 0.15) is 5.75 Å². The molecule has 0 saturated heterocycles. The van der Waals surface area contributed by atoms with Crippen LogP contribution in [0.3, 0.4) is 0 Å². The standard InChI is InChI=1S/C4H7F3O4S/c1-3(8,4(5,6)7)2-12(9,10)11/h8H,2H2,1H3,(H,9,10,11). The van der Waals surface area contributed by atoms with E-state index in [1.165, 1.54) is 0 Å². The summed E-state index contributed by atoms with van der Waals surface area (Å²) < 4.78 is 63.2. The summed E-state index contributed by atoms with van der Waals surface area (Å²) in [4.78, 5) is 0. The van der Waals surface area contributed by atoms with Crippen molar-refractivity contribution in [2.75, 3.05) is 5.75 Å². The molecule has 0 saturated carbocycles. The van der Waals surface area contributed by atoms with E-state index in [4.69, 9.17) is 9.66 Å². The first kappa shape index (κ1) is 11.7. The molecule has 0 spiro atoms. The minimum absolute atomic E-state index is 0.265. The summed E-state index contributed by atoms with van der Waals surface area (Å²) in [5, 5.41) is 8.52. The van der Waals surface area contributed by atoms with Crippen LogP contribution in [0.4, 0.5) is 13.2 Å². The number of hydrogen-bond donors (Lipinski definition) is 2. The van der Waals surface area contributed by atoms with E-state index in [0.717, 1.165) is 0 Å². The SMILES string of the molecule is CC(O)(CS(=O)(=O)O)C(F)(F)F. The monoisotopic (exact) mass is 208 g/mol. The molecule has 0 heterocycles. The van der Waals surface area contributed by atoms with Gasteiger partial charge >= 0.3 is 6.18 Å². The van der Waals surface area contributed by atoms with Crippen molar-refractivity contribution in [3.8, 4) is 0 Å². The predicted octanol–water partition coefficient (Wildman–Crippen LogP) is 0.188. The van der Waals surface area contributed by atoms with Gasteiger partial charge in [-0.1, -0.05) is 0 Å². The highest BCUT2D eigenvalue weighted by Crippen LogP contribution is 2.30. The normalized spacial score (nSPS) is 18.8. The Bertz CT molecular complexity index is 252. The number of alkyl halides is 3. The molecule has 0 fully saturated rings. The minimum atomic E-state index is -5.08. The Morgan fingerprint density at radius 2 is 1.67 bits per heavy atom. The lowest BCUT2D eigenvalue weighted by molar-refractivity contribution is -0.243. The lowest BCUT2D eigenvalue weighted by Crippen LogP contribution is -2.47. The molecule has 0 aromatic heterocycles. The fraction of sp³-hybridized carbons (Fsp3) is 1.00. The third kappa shape index (κ3) is 3.37. The van der Waals surface area contributed by atoms with Crippen LogP contribution in [0, 0.1) is 0 Å². The highest BCUT2D eigenvalue weighted by molar-refractivity contribution is 7.85. The van der Waals surface area contributed by atoms with Crippen molar-refractivity contribution in [3.63, 3.8) is 0 Å². The van der Waals surface area contributed by atoms with Gasteiger partial charge in [0.05, 0.1) is 0 Å². The molecule has 0 radical (unpaired) electrons. The van der Waals surface area contributed by atoms with Gasteiger partial charge in [-0.2, -0.15) is 21.6 Å². The second kappa shape index (κ2) is 2.86. The summed E-state index contributed by atoms with van der Waals surface area (Å²) in [6.45, 7) is 0.265. The molecule has 0 rings (SSSR count). The van der Waals surface area contributed by atoms with Crippen LogP contribution in [0.15, 0.2) is 0 Å². The number of halogens is 3. The zero-order valence-electron chi connectivity index (χ0n) is 5.96. The molecule has 0 aliphatic heterocycles. The smallest absolute Gasteiger partial charge is 0.380 e. The van der Waals surface area contributed by atoms with Crippen LogP contribution in [-0.4, -0.2) is 35.6 Å².